The summed E-state index contributed by atoms with van der Waals surface area (Å²) in [5.74, 6) is 0.218. The van der Waals surface area contributed by atoms with Crippen molar-refractivity contribution in [3.8, 4) is 11.1 Å². The van der Waals surface area contributed by atoms with Crippen LogP contribution in [0.4, 0.5) is 5.00 Å². The van der Waals surface area contributed by atoms with Crippen LogP contribution in [0.2, 0.25) is 0 Å². The molecule has 25 heavy (non-hydrogen) atoms. The number of carbonyl (C=O) groups is 1. The average molecular weight is 358 g/mol. The fourth-order valence-electron chi connectivity index (χ4n) is 3.54. The van der Waals surface area contributed by atoms with Crippen LogP contribution in [0.15, 0.2) is 24.3 Å². The zero-order valence-electron chi connectivity index (χ0n) is 15.3. The summed E-state index contributed by atoms with van der Waals surface area (Å²) in [5.41, 5.74) is 9.98. The number of aryl methyl sites for hydroxylation is 1. The lowest BCUT2D eigenvalue weighted by molar-refractivity contribution is 0.0213. The zero-order chi connectivity index (χ0) is 18.0. The highest BCUT2D eigenvalue weighted by molar-refractivity contribution is 7.16. The molecule has 0 spiro atoms. The zero-order valence-corrected chi connectivity index (χ0v) is 16.1. The third kappa shape index (κ3) is 3.90. The first-order chi connectivity index (χ1) is 12.0. The summed E-state index contributed by atoms with van der Waals surface area (Å²) in [4.78, 5) is 13.9. The van der Waals surface area contributed by atoms with Crippen LogP contribution in [0.3, 0.4) is 0 Å². The molecule has 2 N–H and O–H groups in total. The molecule has 1 aromatic heterocycles. The molecule has 1 aliphatic rings. The molecule has 2 aromatic rings. The predicted octanol–water partition coefficient (Wildman–Crippen LogP) is 5.92. The van der Waals surface area contributed by atoms with Crippen molar-refractivity contribution in [1.29, 1.82) is 0 Å². The van der Waals surface area contributed by atoms with Gasteiger partial charge in [-0.3, -0.25) is 0 Å². The number of ether oxygens (including phenoxy) is 1. The third-order valence-electron chi connectivity index (χ3n) is 5.01. The molecule has 1 saturated carbocycles. The molecule has 0 bridgehead atoms. The smallest absolute Gasteiger partial charge is 0.342 e. The molecule has 1 aliphatic carbocycles. The number of esters is 1. The highest BCUT2D eigenvalue weighted by atomic mass is 32.1. The van der Waals surface area contributed by atoms with Gasteiger partial charge in [-0.2, -0.15) is 0 Å². The Bertz CT molecular complexity index is 740. The van der Waals surface area contributed by atoms with E-state index in [2.05, 4.69) is 38.1 Å². The monoisotopic (exact) mass is 357 g/mol. The number of carbonyl (C=O) groups excluding carboxylic acids is 1. The van der Waals surface area contributed by atoms with E-state index < -0.39 is 0 Å². The second kappa shape index (κ2) is 7.61. The number of hydrogen-bond donors (Lipinski definition) is 1. The van der Waals surface area contributed by atoms with Crippen molar-refractivity contribution >= 4 is 22.3 Å². The number of hydrogen-bond acceptors (Lipinski definition) is 4. The molecule has 3 rings (SSSR count). The SMILES string of the molecule is Cc1sc(N)c(C(=O)OC2CCCCC2)c1-c1ccc(C(C)C)cc1. The second-order valence-corrected chi connectivity index (χ2v) is 8.47. The maximum atomic E-state index is 12.8. The highest BCUT2D eigenvalue weighted by Crippen LogP contribution is 2.39. The molecule has 0 aliphatic heterocycles. The van der Waals surface area contributed by atoms with Crippen LogP contribution >= 0.6 is 11.3 Å². The first-order valence-electron chi connectivity index (χ1n) is 9.17. The largest absolute Gasteiger partial charge is 0.459 e. The highest BCUT2D eigenvalue weighted by Gasteiger charge is 2.26. The van der Waals surface area contributed by atoms with Crippen LogP contribution in [0, 0.1) is 6.92 Å². The lowest BCUT2D eigenvalue weighted by Crippen LogP contribution is -2.21. The standard InChI is InChI=1S/C21H27NO2S/c1-13(2)15-9-11-16(12-10-15)18-14(3)25-20(22)19(18)21(23)24-17-7-5-4-6-8-17/h9-13,17H,4-8,22H2,1-3H3. The van der Waals surface area contributed by atoms with Crippen molar-refractivity contribution in [2.24, 2.45) is 0 Å². The van der Waals surface area contributed by atoms with Crippen molar-refractivity contribution in [3.05, 3.63) is 40.3 Å². The van der Waals surface area contributed by atoms with Crippen molar-refractivity contribution in [2.75, 3.05) is 5.73 Å². The maximum absolute atomic E-state index is 12.8. The van der Waals surface area contributed by atoms with Gasteiger partial charge in [0.1, 0.15) is 16.7 Å². The lowest BCUT2D eigenvalue weighted by atomic mass is 9.96. The number of anilines is 1. The van der Waals surface area contributed by atoms with Crippen LogP contribution in [-0.4, -0.2) is 12.1 Å². The summed E-state index contributed by atoms with van der Waals surface area (Å²) in [6.07, 6.45) is 5.48. The second-order valence-electron chi connectivity index (χ2n) is 7.21. The van der Waals surface area contributed by atoms with E-state index in [0.717, 1.165) is 41.7 Å². The van der Waals surface area contributed by atoms with E-state index in [0.29, 0.717) is 16.5 Å². The molecule has 0 saturated heterocycles. The minimum absolute atomic E-state index is 0.0389. The van der Waals surface area contributed by atoms with Crippen LogP contribution in [0.1, 0.15) is 72.7 Å². The average Bonchev–Trinajstić information content (AvgIpc) is 2.90. The molecule has 0 radical (unpaired) electrons. The van der Waals surface area contributed by atoms with Gasteiger partial charge in [-0.1, -0.05) is 44.5 Å². The van der Waals surface area contributed by atoms with E-state index >= 15 is 0 Å². The van der Waals surface area contributed by atoms with E-state index in [4.69, 9.17) is 10.5 Å². The van der Waals surface area contributed by atoms with Gasteiger partial charge in [0.15, 0.2) is 0 Å². The summed E-state index contributed by atoms with van der Waals surface area (Å²) in [6, 6.07) is 8.43. The number of nitrogen functional groups attached to an aromatic ring is 1. The van der Waals surface area contributed by atoms with Gasteiger partial charge in [0, 0.05) is 10.4 Å². The Labute approximate surface area is 154 Å². The van der Waals surface area contributed by atoms with E-state index in [1.165, 1.54) is 23.3 Å². The molecule has 0 unspecified atom stereocenters. The maximum Gasteiger partial charge on any atom is 0.342 e. The molecule has 134 valence electrons. The van der Waals surface area contributed by atoms with E-state index in [1.54, 1.807) is 0 Å². The number of thiophene rings is 1. The van der Waals surface area contributed by atoms with Gasteiger partial charge < -0.3 is 10.5 Å². The first-order valence-corrected chi connectivity index (χ1v) is 9.99. The van der Waals surface area contributed by atoms with Gasteiger partial charge in [0.2, 0.25) is 0 Å². The van der Waals surface area contributed by atoms with E-state index in [-0.39, 0.29) is 12.1 Å². The number of nitrogens with two attached hydrogens (primary N) is 1. The van der Waals surface area contributed by atoms with Crippen LogP contribution < -0.4 is 5.73 Å². The quantitative estimate of drug-likeness (QED) is 0.691. The van der Waals surface area contributed by atoms with Gasteiger partial charge in [0.25, 0.3) is 0 Å². The Morgan fingerprint density at radius 2 is 1.80 bits per heavy atom. The summed E-state index contributed by atoms with van der Waals surface area (Å²) in [6.45, 7) is 6.37. The minimum Gasteiger partial charge on any atom is -0.459 e. The molecule has 1 aromatic carbocycles. The topological polar surface area (TPSA) is 52.3 Å². The van der Waals surface area contributed by atoms with E-state index in [9.17, 15) is 4.79 Å². The molecular weight excluding hydrogens is 330 g/mol. The Balaban J connectivity index is 1.90. The minimum atomic E-state index is -0.267. The molecule has 0 atom stereocenters. The van der Waals surface area contributed by atoms with E-state index in [1.807, 2.05) is 6.92 Å². The first kappa shape index (κ1) is 18.0. The fraction of sp³-hybridized carbons (Fsp3) is 0.476. The summed E-state index contributed by atoms with van der Waals surface area (Å²) >= 11 is 1.47. The van der Waals surface area contributed by atoms with Gasteiger partial charge in [-0.15, -0.1) is 11.3 Å². The van der Waals surface area contributed by atoms with Gasteiger partial charge in [-0.25, -0.2) is 4.79 Å². The predicted molar refractivity (Wildman–Crippen MR) is 105 cm³/mol. The molecule has 1 heterocycles. The summed E-state index contributed by atoms with van der Waals surface area (Å²) < 4.78 is 5.78. The van der Waals surface area contributed by atoms with Crippen molar-refractivity contribution in [2.45, 2.75) is 64.9 Å². The normalized spacial score (nSPS) is 15.5. The molecule has 1 fully saturated rings. The Hall–Kier alpha value is -1.81. The Morgan fingerprint density at radius 3 is 2.40 bits per heavy atom. The number of benzene rings is 1. The Morgan fingerprint density at radius 1 is 1.16 bits per heavy atom. The molecular formula is C21H27NO2S. The lowest BCUT2D eigenvalue weighted by Gasteiger charge is -2.22. The molecule has 3 nitrogen and oxygen atoms in total. The molecule has 4 heteroatoms. The van der Waals surface area contributed by atoms with Crippen LogP contribution in [-0.2, 0) is 4.74 Å². The fourth-order valence-corrected chi connectivity index (χ4v) is 4.48. The Kier molecular flexibility index (Phi) is 5.48. The van der Waals surface area contributed by atoms with Gasteiger partial charge in [0.05, 0.1) is 0 Å². The van der Waals surface area contributed by atoms with Gasteiger partial charge in [-0.05, 0) is 49.7 Å². The van der Waals surface area contributed by atoms with Crippen molar-refractivity contribution in [3.63, 3.8) is 0 Å². The number of rotatable bonds is 4. The van der Waals surface area contributed by atoms with Crippen molar-refractivity contribution < 1.29 is 9.53 Å². The van der Waals surface area contributed by atoms with Crippen LogP contribution in [0.5, 0.6) is 0 Å². The molecule has 0 amide bonds. The van der Waals surface area contributed by atoms with Crippen molar-refractivity contribution in [1.82, 2.24) is 0 Å². The third-order valence-corrected chi connectivity index (χ3v) is 5.94. The summed E-state index contributed by atoms with van der Waals surface area (Å²) in [5, 5.41) is 0.557. The van der Waals surface area contributed by atoms with Gasteiger partial charge >= 0.3 is 5.97 Å². The summed E-state index contributed by atoms with van der Waals surface area (Å²) in [7, 11) is 0. The van der Waals surface area contributed by atoms with Crippen LogP contribution in [0.25, 0.3) is 11.1 Å².